The van der Waals surface area contributed by atoms with E-state index < -0.39 is 22.0 Å². The number of anilines is 6. The van der Waals surface area contributed by atoms with Crippen molar-refractivity contribution in [3.63, 3.8) is 0 Å². The van der Waals surface area contributed by atoms with Crippen molar-refractivity contribution in [1.29, 1.82) is 0 Å². The zero-order chi connectivity index (χ0) is 48.2. The summed E-state index contributed by atoms with van der Waals surface area (Å²) in [4.78, 5) is 64.6. The molecule has 0 radical (unpaired) electrons. The van der Waals surface area contributed by atoms with Gasteiger partial charge in [-0.15, -0.1) is 0 Å². The van der Waals surface area contributed by atoms with Crippen molar-refractivity contribution >= 4 is 89.2 Å². The van der Waals surface area contributed by atoms with Gasteiger partial charge in [-0.3, -0.25) is 39.3 Å². The number of amides is 3. The summed E-state index contributed by atoms with van der Waals surface area (Å²) in [7, 11) is -1.99. The fourth-order valence-corrected chi connectivity index (χ4v) is 10.6. The van der Waals surface area contributed by atoms with Crippen LogP contribution in [-0.2, 0) is 32.6 Å². The van der Waals surface area contributed by atoms with Gasteiger partial charge >= 0.3 is 0 Å². The van der Waals surface area contributed by atoms with Gasteiger partial charge in [0.25, 0.3) is 5.91 Å². The Labute approximate surface area is 410 Å². The highest BCUT2D eigenvalue weighted by Gasteiger charge is 2.40. The van der Waals surface area contributed by atoms with Crippen molar-refractivity contribution in [3.05, 3.63) is 87.8 Å². The molecule has 360 valence electrons. The van der Waals surface area contributed by atoms with E-state index in [-0.39, 0.29) is 23.9 Å². The number of nitrogens with one attached hydrogen (secondary N) is 4. The number of unbranched alkanes of at least 4 members (excludes halogenated alkanes) is 1. The number of ether oxygens (including phenoxy) is 1. The van der Waals surface area contributed by atoms with Crippen LogP contribution in [0.15, 0.2) is 65.5 Å². The van der Waals surface area contributed by atoms with E-state index in [0.717, 1.165) is 107 Å². The van der Waals surface area contributed by atoms with Crippen molar-refractivity contribution in [3.8, 4) is 17.6 Å². The van der Waals surface area contributed by atoms with E-state index in [1.807, 2.05) is 12.1 Å². The molecule has 6 heterocycles. The number of hydrogen-bond acceptors (Lipinski definition) is 15. The molecule has 9 rings (SSSR count). The van der Waals surface area contributed by atoms with Gasteiger partial charge in [0.2, 0.25) is 27.8 Å². The molecular weight excluding hydrogens is 965 g/mol. The molecule has 1 atom stereocenters. The maximum atomic E-state index is 13.2. The fourth-order valence-electron chi connectivity index (χ4n) is 9.73. The Balaban J connectivity index is 0.764. The Morgan fingerprint density at radius 1 is 0.942 bits per heavy atom. The number of carbonyl (C=O) groups is 3. The average molecular weight is 1020 g/mol. The van der Waals surface area contributed by atoms with E-state index in [2.05, 4.69) is 97.2 Å². The highest BCUT2D eigenvalue weighted by molar-refractivity contribution is 9.10. The van der Waals surface area contributed by atoms with E-state index >= 15 is 0 Å². The molecule has 69 heavy (non-hydrogen) atoms. The lowest BCUT2D eigenvalue weighted by Crippen LogP contribution is -2.53. The van der Waals surface area contributed by atoms with Gasteiger partial charge < -0.3 is 30.1 Å². The molecule has 2 aromatic heterocycles. The summed E-state index contributed by atoms with van der Waals surface area (Å²) >= 11 is 3.54. The molecule has 3 fully saturated rings. The Kier molecular flexibility index (Phi) is 14.3. The largest absolute Gasteiger partial charge is 0.494 e. The molecule has 3 amide bonds. The lowest BCUT2D eigenvalue weighted by Gasteiger charge is -2.43. The third-order valence-corrected chi connectivity index (χ3v) is 14.4. The Morgan fingerprint density at radius 2 is 1.74 bits per heavy atom. The predicted molar refractivity (Wildman–Crippen MR) is 269 cm³/mol. The Morgan fingerprint density at radius 3 is 2.49 bits per heavy atom. The van der Waals surface area contributed by atoms with E-state index in [1.165, 1.54) is 11.8 Å². The number of nitrogens with zero attached hydrogens (tertiary/aromatic N) is 8. The summed E-state index contributed by atoms with van der Waals surface area (Å²) in [5.74, 6) is 7.14. The lowest BCUT2D eigenvalue weighted by atomic mass is 9.99. The van der Waals surface area contributed by atoms with Gasteiger partial charge in [-0.1, -0.05) is 24.8 Å². The Hall–Kier alpha value is -6.40. The second-order valence-corrected chi connectivity index (χ2v) is 20.3. The third-order valence-electron chi connectivity index (χ3n) is 13.3. The summed E-state index contributed by atoms with van der Waals surface area (Å²) < 4.78 is 33.8. The molecule has 0 aliphatic carbocycles. The molecule has 4 aliphatic heterocycles. The first-order chi connectivity index (χ1) is 33.3. The first-order valence-electron chi connectivity index (χ1n) is 23.3. The minimum Gasteiger partial charge on any atom is -0.494 e. The second-order valence-electron chi connectivity index (χ2n) is 17.7. The van der Waals surface area contributed by atoms with Crippen molar-refractivity contribution in [2.45, 2.75) is 70.5 Å². The van der Waals surface area contributed by atoms with E-state index in [1.54, 1.807) is 42.6 Å². The van der Waals surface area contributed by atoms with Crippen molar-refractivity contribution in [1.82, 2.24) is 40.0 Å². The number of fused-ring (bicyclic) bond motifs is 2. The molecule has 0 bridgehead atoms. The molecule has 0 saturated carbocycles. The number of hydrogen-bond donors (Lipinski definition) is 4. The number of sulfonamides is 1. The predicted octanol–water partition coefficient (Wildman–Crippen LogP) is 5.79. The molecular formula is C49H55BrN12O6S. The number of benzene rings is 3. The highest BCUT2D eigenvalue weighted by Crippen LogP contribution is 2.39. The van der Waals surface area contributed by atoms with Crippen LogP contribution in [0.4, 0.5) is 34.5 Å². The second kappa shape index (κ2) is 20.7. The summed E-state index contributed by atoms with van der Waals surface area (Å²) in [6, 6.07) is 13.2. The first-order valence-corrected chi connectivity index (χ1v) is 26.0. The number of halogens is 1. The molecule has 3 saturated heterocycles. The maximum Gasteiger partial charge on any atom is 0.255 e. The van der Waals surface area contributed by atoms with Crippen LogP contribution in [0, 0.1) is 11.8 Å². The molecule has 3 aromatic carbocycles. The van der Waals surface area contributed by atoms with Crippen LogP contribution in [0.5, 0.6) is 5.75 Å². The van der Waals surface area contributed by atoms with Crippen LogP contribution in [0.3, 0.4) is 0 Å². The van der Waals surface area contributed by atoms with E-state index in [0.29, 0.717) is 63.3 Å². The minimum absolute atomic E-state index is 0.182. The van der Waals surface area contributed by atoms with Crippen LogP contribution in [0.1, 0.15) is 72.5 Å². The normalized spacial score (nSPS) is 18.1. The smallest absolute Gasteiger partial charge is 0.255 e. The molecule has 20 heteroatoms. The summed E-state index contributed by atoms with van der Waals surface area (Å²) in [5, 5.41) is 8.97. The molecule has 0 spiro atoms. The monoisotopic (exact) mass is 1020 g/mol. The average Bonchev–Trinajstić information content (AvgIpc) is 3.68. The number of methoxy groups -OCH3 is 1. The molecule has 1 unspecified atom stereocenters. The summed E-state index contributed by atoms with van der Waals surface area (Å²) in [5.41, 5.74) is 6.95. The third kappa shape index (κ3) is 10.8. The minimum atomic E-state index is -3.65. The van der Waals surface area contributed by atoms with Gasteiger partial charge in [0.05, 0.1) is 40.4 Å². The van der Waals surface area contributed by atoms with Gasteiger partial charge in [0, 0.05) is 106 Å². The molecule has 4 aliphatic rings. The lowest BCUT2D eigenvalue weighted by molar-refractivity contribution is -0.136. The number of aryl methyl sites for hydroxylation is 1. The topological polar surface area (TPSA) is 207 Å². The van der Waals surface area contributed by atoms with Crippen LogP contribution in [0.2, 0.25) is 0 Å². The summed E-state index contributed by atoms with van der Waals surface area (Å²) in [6.07, 6.45) is 11.0. The van der Waals surface area contributed by atoms with Gasteiger partial charge in [-0.25, -0.2) is 13.4 Å². The Bertz CT molecular complexity index is 2970. The molecule has 18 nitrogen and oxygen atoms in total. The van der Waals surface area contributed by atoms with Gasteiger partial charge in [0.15, 0.2) is 0 Å². The van der Waals surface area contributed by atoms with Crippen LogP contribution >= 0.6 is 15.9 Å². The zero-order valence-corrected chi connectivity index (χ0v) is 41.3. The first kappa shape index (κ1) is 47.7. The van der Waals surface area contributed by atoms with Gasteiger partial charge in [-0.05, 0) is 96.0 Å². The molecule has 5 aromatic rings. The van der Waals surface area contributed by atoms with Crippen molar-refractivity contribution < 1.29 is 27.5 Å². The van der Waals surface area contributed by atoms with Gasteiger partial charge in [-0.2, -0.15) is 4.98 Å². The number of piperidine rings is 2. The number of rotatable bonds is 14. The van der Waals surface area contributed by atoms with E-state index in [9.17, 15) is 22.8 Å². The number of piperazine rings is 1. The van der Waals surface area contributed by atoms with Crippen molar-refractivity contribution in [2.75, 3.05) is 79.4 Å². The maximum absolute atomic E-state index is 13.2. The number of imide groups is 1. The standard InChI is InChI=1S/C49H55BrN12O6S/c1-4-31-27-39(55-49-53-29-36(50)46(57-49)54-38-13-12-37-44(52-19-18-51-37)45(38)58-69(3,66)67)42(68-2)28-41(31)61-21-16-33(17-22-61)60-25-23-59(24-26-60)20-7-5-6-9-32-10-8-11-34-35(32)30-62(48(34)65)40-14-15-43(63)56-47(40)64/h8,10-13,18-19,27-29,33,40,58H,4-5,7,14-17,20-26,30H2,1-3H3,(H,56,63,64)(H2,53,54,55,57). The van der Waals surface area contributed by atoms with Crippen LogP contribution < -0.4 is 30.3 Å². The van der Waals surface area contributed by atoms with Crippen molar-refractivity contribution in [2.24, 2.45) is 0 Å². The summed E-state index contributed by atoms with van der Waals surface area (Å²) in [6.45, 7) is 9.51. The van der Waals surface area contributed by atoms with Gasteiger partial charge in [0.1, 0.15) is 23.1 Å². The SMILES string of the molecule is CCc1cc(Nc2ncc(Br)c(Nc3ccc4nccnc4c3NS(C)(=O)=O)n2)c(OC)cc1N1CCC(N2CCN(CCCC#Cc3cccc4c3CN(C3CCC(=O)NC3=O)C4=O)CC2)CC1. The fraction of sp³-hybridized carbons (Fsp3) is 0.408. The van der Waals surface area contributed by atoms with E-state index in [4.69, 9.17) is 9.72 Å². The van der Waals surface area contributed by atoms with Crippen LogP contribution in [0.25, 0.3) is 11.0 Å². The van der Waals surface area contributed by atoms with Crippen LogP contribution in [-0.4, -0.2) is 132 Å². The quantitative estimate of drug-likeness (QED) is 0.0590. The molecule has 4 N–H and O–H groups in total. The zero-order valence-electron chi connectivity index (χ0n) is 38.8. The number of carbonyl (C=O) groups excluding carboxylic acids is 3. The highest BCUT2D eigenvalue weighted by atomic mass is 79.9. The number of aromatic nitrogens is 4.